The Labute approximate surface area is 91.7 Å². The molecular weight excluding hydrogens is 188 g/mol. The van der Waals surface area contributed by atoms with Crippen LogP contribution in [0.15, 0.2) is 0 Å². The first-order valence-corrected chi connectivity index (χ1v) is 6.12. The maximum absolute atomic E-state index is 10.0. The number of nitrogens with zero attached hydrogens (tertiary/aromatic N) is 2. The van der Waals surface area contributed by atoms with Gasteiger partial charge in [0.05, 0.1) is 18.7 Å². The van der Waals surface area contributed by atoms with Crippen LogP contribution >= 0.6 is 0 Å². The van der Waals surface area contributed by atoms with Gasteiger partial charge in [-0.2, -0.15) is 5.26 Å². The number of hydrogen-bond acceptors (Lipinski definition) is 3. The third kappa shape index (κ3) is 2.32. The molecule has 1 N–H and O–H groups in total. The molecule has 1 heterocycles. The molecule has 1 aliphatic heterocycles. The molecule has 0 aromatic rings. The molecule has 1 aliphatic carbocycles. The largest absolute Gasteiger partial charge is 0.393 e. The van der Waals surface area contributed by atoms with Crippen molar-refractivity contribution in [2.45, 2.75) is 50.7 Å². The number of aliphatic hydroxyl groups is 1. The van der Waals surface area contributed by atoms with Gasteiger partial charge in [0.2, 0.25) is 0 Å². The Morgan fingerprint density at radius 1 is 1.20 bits per heavy atom. The highest BCUT2D eigenvalue weighted by atomic mass is 16.3. The topological polar surface area (TPSA) is 47.3 Å². The van der Waals surface area contributed by atoms with E-state index in [9.17, 15) is 5.11 Å². The lowest BCUT2D eigenvalue weighted by Crippen LogP contribution is -2.42. The van der Waals surface area contributed by atoms with Crippen LogP contribution in [0.5, 0.6) is 0 Å². The van der Waals surface area contributed by atoms with E-state index in [1.165, 1.54) is 25.7 Å². The van der Waals surface area contributed by atoms with Gasteiger partial charge < -0.3 is 5.11 Å². The van der Waals surface area contributed by atoms with Crippen molar-refractivity contribution in [2.24, 2.45) is 5.92 Å². The molecule has 2 aliphatic rings. The SMILES string of the molecule is N#CCN1CCC[C@@H]1[C@@H]1CCCC[C@@H]1O. The van der Waals surface area contributed by atoms with Crippen LogP contribution in [0.1, 0.15) is 38.5 Å². The van der Waals surface area contributed by atoms with Crippen molar-refractivity contribution in [3.05, 3.63) is 0 Å². The molecule has 1 saturated carbocycles. The quantitative estimate of drug-likeness (QED) is 0.700. The van der Waals surface area contributed by atoms with Gasteiger partial charge in [0.15, 0.2) is 0 Å². The maximum Gasteiger partial charge on any atom is 0.0868 e. The summed E-state index contributed by atoms with van der Waals surface area (Å²) in [6.45, 7) is 1.58. The van der Waals surface area contributed by atoms with E-state index in [2.05, 4.69) is 11.0 Å². The molecule has 3 heteroatoms. The second-order valence-electron chi connectivity index (χ2n) is 4.85. The van der Waals surface area contributed by atoms with E-state index in [4.69, 9.17) is 5.26 Å². The first kappa shape index (κ1) is 10.9. The summed E-state index contributed by atoms with van der Waals surface area (Å²) in [6, 6.07) is 2.71. The standard InChI is InChI=1S/C12H20N2O/c13-7-9-14-8-3-5-11(14)10-4-1-2-6-12(10)15/h10-12,15H,1-6,8-9H2/t10-,11+,12-/m0/s1. The average molecular weight is 208 g/mol. The highest BCUT2D eigenvalue weighted by Crippen LogP contribution is 2.34. The highest BCUT2D eigenvalue weighted by Gasteiger charge is 2.36. The summed E-state index contributed by atoms with van der Waals surface area (Å²) in [4.78, 5) is 2.26. The zero-order chi connectivity index (χ0) is 10.7. The molecule has 0 aromatic carbocycles. The molecule has 0 unspecified atom stereocenters. The fraction of sp³-hybridized carbons (Fsp3) is 0.917. The number of hydrogen-bond donors (Lipinski definition) is 1. The summed E-state index contributed by atoms with van der Waals surface area (Å²) in [5, 5.41) is 18.8. The Hall–Kier alpha value is -0.590. The van der Waals surface area contributed by atoms with Gasteiger partial charge in [-0.1, -0.05) is 12.8 Å². The zero-order valence-electron chi connectivity index (χ0n) is 9.23. The summed E-state index contributed by atoms with van der Waals surface area (Å²) in [5.41, 5.74) is 0. The third-order valence-electron chi connectivity index (χ3n) is 3.96. The minimum Gasteiger partial charge on any atom is -0.393 e. The van der Waals surface area contributed by atoms with Gasteiger partial charge in [-0.25, -0.2) is 0 Å². The minimum atomic E-state index is -0.122. The van der Waals surface area contributed by atoms with E-state index >= 15 is 0 Å². The highest BCUT2D eigenvalue weighted by molar-refractivity contribution is 4.93. The molecule has 0 radical (unpaired) electrons. The number of likely N-dealkylation sites (tertiary alicyclic amines) is 1. The molecule has 15 heavy (non-hydrogen) atoms. The molecule has 0 bridgehead atoms. The van der Waals surface area contributed by atoms with Gasteiger partial charge >= 0.3 is 0 Å². The van der Waals surface area contributed by atoms with Crippen molar-refractivity contribution in [3.8, 4) is 6.07 Å². The van der Waals surface area contributed by atoms with Crippen molar-refractivity contribution in [2.75, 3.05) is 13.1 Å². The zero-order valence-corrected chi connectivity index (χ0v) is 9.23. The molecule has 3 nitrogen and oxygen atoms in total. The number of nitriles is 1. The first-order chi connectivity index (χ1) is 7.33. The Balaban J connectivity index is 1.98. The molecule has 0 spiro atoms. The van der Waals surface area contributed by atoms with E-state index in [0.29, 0.717) is 18.5 Å². The number of aliphatic hydroxyl groups excluding tert-OH is 1. The fourth-order valence-electron chi connectivity index (χ4n) is 3.21. The van der Waals surface area contributed by atoms with Crippen molar-refractivity contribution in [1.82, 2.24) is 4.90 Å². The lowest BCUT2D eigenvalue weighted by atomic mass is 9.80. The van der Waals surface area contributed by atoms with Crippen molar-refractivity contribution >= 4 is 0 Å². The van der Waals surface area contributed by atoms with Gasteiger partial charge in [-0.3, -0.25) is 4.90 Å². The van der Waals surface area contributed by atoms with Crippen LogP contribution in [-0.4, -0.2) is 35.2 Å². The van der Waals surface area contributed by atoms with Crippen LogP contribution in [-0.2, 0) is 0 Å². The van der Waals surface area contributed by atoms with Gasteiger partial charge in [0.1, 0.15) is 0 Å². The summed E-state index contributed by atoms with van der Waals surface area (Å²) in [6.07, 6.45) is 6.76. The molecule has 3 atom stereocenters. The van der Waals surface area contributed by atoms with Gasteiger partial charge in [-0.15, -0.1) is 0 Å². The lowest BCUT2D eigenvalue weighted by molar-refractivity contribution is 0.0253. The maximum atomic E-state index is 10.0. The predicted molar refractivity (Wildman–Crippen MR) is 58.2 cm³/mol. The van der Waals surface area contributed by atoms with Crippen LogP contribution in [0, 0.1) is 17.2 Å². The molecular formula is C12H20N2O. The van der Waals surface area contributed by atoms with Crippen molar-refractivity contribution in [1.29, 1.82) is 5.26 Å². The van der Waals surface area contributed by atoms with E-state index in [-0.39, 0.29) is 6.10 Å². The Bertz CT molecular complexity index is 248. The molecule has 2 rings (SSSR count). The molecule has 1 saturated heterocycles. The second-order valence-corrected chi connectivity index (χ2v) is 4.85. The lowest BCUT2D eigenvalue weighted by Gasteiger charge is -2.36. The predicted octanol–water partition coefficient (Wildman–Crippen LogP) is 1.53. The van der Waals surface area contributed by atoms with Crippen molar-refractivity contribution in [3.63, 3.8) is 0 Å². The summed E-state index contributed by atoms with van der Waals surface area (Å²) >= 11 is 0. The van der Waals surface area contributed by atoms with Crippen LogP contribution in [0.2, 0.25) is 0 Å². The Kier molecular flexibility index (Phi) is 3.61. The van der Waals surface area contributed by atoms with Gasteiger partial charge in [0, 0.05) is 12.0 Å². The van der Waals surface area contributed by atoms with E-state index in [0.717, 1.165) is 19.4 Å². The first-order valence-electron chi connectivity index (χ1n) is 6.12. The van der Waals surface area contributed by atoms with E-state index in [1.807, 2.05) is 0 Å². The summed E-state index contributed by atoms with van der Waals surface area (Å²) in [5.74, 6) is 0.426. The summed E-state index contributed by atoms with van der Waals surface area (Å²) in [7, 11) is 0. The minimum absolute atomic E-state index is 0.122. The smallest absolute Gasteiger partial charge is 0.0868 e. The fourth-order valence-corrected chi connectivity index (χ4v) is 3.21. The summed E-state index contributed by atoms with van der Waals surface area (Å²) < 4.78 is 0. The van der Waals surface area contributed by atoms with E-state index in [1.54, 1.807) is 0 Å². The van der Waals surface area contributed by atoms with E-state index < -0.39 is 0 Å². The normalized spacial score (nSPS) is 37.7. The molecule has 0 aromatic heterocycles. The van der Waals surface area contributed by atoms with Crippen LogP contribution in [0.3, 0.4) is 0 Å². The third-order valence-corrected chi connectivity index (χ3v) is 3.96. The van der Waals surface area contributed by atoms with Crippen LogP contribution in [0.25, 0.3) is 0 Å². The monoisotopic (exact) mass is 208 g/mol. The molecule has 0 amide bonds. The average Bonchev–Trinajstić information content (AvgIpc) is 2.67. The van der Waals surface area contributed by atoms with Crippen LogP contribution in [0.4, 0.5) is 0 Å². The van der Waals surface area contributed by atoms with Gasteiger partial charge in [-0.05, 0) is 32.2 Å². The molecule has 84 valence electrons. The Morgan fingerprint density at radius 2 is 2.00 bits per heavy atom. The Morgan fingerprint density at radius 3 is 2.73 bits per heavy atom. The number of rotatable bonds is 2. The van der Waals surface area contributed by atoms with Crippen LogP contribution < -0.4 is 0 Å². The molecule has 2 fully saturated rings. The van der Waals surface area contributed by atoms with Crippen molar-refractivity contribution < 1.29 is 5.11 Å². The van der Waals surface area contributed by atoms with Gasteiger partial charge in [0.25, 0.3) is 0 Å². The second kappa shape index (κ2) is 4.96.